The van der Waals surface area contributed by atoms with E-state index < -0.39 is 15.9 Å². The van der Waals surface area contributed by atoms with Gasteiger partial charge in [-0.3, -0.25) is 4.31 Å². The second kappa shape index (κ2) is 9.22. The van der Waals surface area contributed by atoms with Crippen molar-refractivity contribution < 1.29 is 22.6 Å². The van der Waals surface area contributed by atoms with Gasteiger partial charge in [0.2, 0.25) is 5.88 Å². The maximum absolute atomic E-state index is 14.4. The van der Waals surface area contributed by atoms with Crippen LogP contribution in [-0.4, -0.2) is 22.6 Å². The lowest BCUT2D eigenvalue weighted by Gasteiger charge is -2.38. The Labute approximate surface area is 215 Å². The minimum atomic E-state index is -4.17. The molecule has 0 bridgehead atoms. The van der Waals surface area contributed by atoms with Crippen LogP contribution in [0.4, 0.5) is 5.69 Å². The zero-order chi connectivity index (χ0) is 26.3. The van der Waals surface area contributed by atoms with Gasteiger partial charge in [-0.2, -0.15) is 5.26 Å². The number of fused-ring (bicyclic) bond motifs is 2. The molecular formula is C28H25N3O5S. The number of ether oxygens (including phenoxy) is 3. The molecule has 0 amide bonds. The summed E-state index contributed by atoms with van der Waals surface area (Å²) in [5.41, 5.74) is 9.66. The second-order valence-electron chi connectivity index (χ2n) is 8.75. The number of rotatable bonds is 5. The average molecular weight is 516 g/mol. The maximum atomic E-state index is 14.4. The molecule has 8 nitrogen and oxygen atoms in total. The van der Waals surface area contributed by atoms with E-state index in [-0.39, 0.29) is 28.7 Å². The molecule has 3 aromatic rings. The van der Waals surface area contributed by atoms with Gasteiger partial charge in [0.1, 0.15) is 16.5 Å². The third kappa shape index (κ3) is 3.96. The van der Waals surface area contributed by atoms with E-state index in [1.54, 1.807) is 42.5 Å². The van der Waals surface area contributed by atoms with E-state index in [4.69, 9.17) is 19.9 Å². The number of nitriles is 1. The fourth-order valence-electron chi connectivity index (χ4n) is 4.70. The highest BCUT2D eigenvalue weighted by atomic mass is 32.2. The summed E-state index contributed by atoms with van der Waals surface area (Å²) < 4.78 is 46.8. The first-order chi connectivity index (χ1) is 17.8. The Kier molecular flexibility index (Phi) is 6.05. The molecule has 0 radical (unpaired) electrons. The second-order valence-corrected chi connectivity index (χ2v) is 10.6. The van der Waals surface area contributed by atoms with E-state index >= 15 is 0 Å². The van der Waals surface area contributed by atoms with Crippen LogP contribution in [0.1, 0.15) is 28.2 Å². The fraction of sp³-hybridized carbons (Fsp3) is 0.179. The fourth-order valence-corrected chi connectivity index (χ4v) is 6.62. The van der Waals surface area contributed by atoms with Crippen LogP contribution in [0.3, 0.4) is 0 Å². The first-order valence-corrected chi connectivity index (χ1v) is 13.0. The van der Waals surface area contributed by atoms with Crippen LogP contribution < -0.4 is 19.5 Å². The maximum Gasteiger partial charge on any atom is 0.265 e. The quantitative estimate of drug-likeness (QED) is 0.531. The number of para-hydroxylation sites is 1. The van der Waals surface area contributed by atoms with Crippen molar-refractivity contribution in [2.75, 3.05) is 18.5 Å². The van der Waals surface area contributed by atoms with Crippen LogP contribution in [0.5, 0.6) is 11.5 Å². The molecule has 0 spiro atoms. The van der Waals surface area contributed by atoms with Crippen molar-refractivity contribution in [3.8, 4) is 17.6 Å². The van der Waals surface area contributed by atoms with Gasteiger partial charge in [-0.05, 0) is 42.3 Å². The van der Waals surface area contributed by atoms with Crippen molar-refractivity contribution in [2.45, 2.75) is 19.4 Å². The molecule has 5 rings (SSSR count). The lowest BCUT2D eigenvalue weighted by atomic mass is 9.88. The molecule has 9 heteroatoms. The minimum Gasteiger partial charge on any atom is -0.493 e. The summed E-state index contributed by atoms with van der Waals surface area (Å²) in [5, 5.41) is 10.0. The minimum absolute atomic E-state index is 0.00390. The SMILES string of the molecule is COc1ccc([C@H]2C(C#N)=C(N)OC3=C2S(=O)(=O)N(Cc2ccc(C)cc2)c2ccccc23)cc1OC. The summed E-state index contributed by atoms with van der Waals surface area (Å²) in [4.78, 5) is -0.0451. The Morgan fingerprint density at radius 3 is 2.41 bits per heavy atom. The highest BCUT2D eigenvalue weighted by Gasteiger charge is 2.47. The number of methoxy groups -OCH3 is 2. The molecular weight excluding hydrogens is 490 g/mol. The normalized spacial score (nSPS) is 17.9. The molecule has 2 aliphatic rings. The molecule has 1 atom stereocenters. The van der Waals surface area contributed by atoms with Crippen molar-refractivity contribution in [2.24, 2.45) is 5.73 Å². The summed E-state index contributed by atoms with van der Waals surface area (Å²) in [6.07, 6.45) is 0. The molecule has 3 aromatic carbocycles. The Bertz CT molecular complexity index is 1600. The molecule has 0 unspecified atom stereocenters. The van der Waals surface area contributed by atoms with E-state index in [0.29, 0.717) is 28.3 Å². The predicted molar refractivity (Wildman–Crippen MR) is 140 cm³/mol. The molecule has 37 heavy (non-hydrogen) atoms. The van der Waals surface area contributed by atoms with Gasteiger partial charge < -0.3 is 19.9 Å². The zero-order valence-electron chi connectivity index (χ0n) is 20.6. The molecule has 2 heterocycles. The lowest BCUT2D eigenvalue weighted by molar-refractivity contribution is 0.352. The first kappa shape index (κ1) is 24.3. The van der Waals surface area contributed by atoms with Gasteiger partial charge >= 0.3 is 0 Å². The van der Waals surface area contributed by atoms with Gasteiger partial charge in [0.05, 0.1) is 32.4 Å². The van der Waals surface area contributed by atoms with Gasteiger partial charge in [-0.15, -0.1) is 0 Å². The summed E-state index contributed by atoms with van der Waals surface area (Å²) in [6, 6.07) is 21.9. The molecule has 0 aromatic heterocycles. The van der Waals surface area contributed by atoms with Crippen LogP contribution >= 0.6 is 0 Å². The number of hydrogen-bond acceptors (Lipinski definition) is 7. The van der Waals surface area contributed by atoms with Crippen molar-refractivity contribution >= 4 is 21.5 Å². The number of nitrogens with zero attached hydrogens (tertiary/aromatic N) is 2. The Hall–Kier alpha value is -4.42. The van der Waals surface area contributed by atoms with E-state index in [2.05, 4.69) is 6.07 Å². The van der Waals surface area contributed by atoms with Crippen molar-refractivity contribution in [3.63, 3.8) is 0 Å². The molecule has 2 N–H and O–H groups in total. The van der Waals surface area contributed by atoms with E-state index in [1.807, 2.05) is 31.2 Å². The topological polar surface area (TPSA) is 115 Å². The van der Waals surface area contributed by atoms with Crippen molar-refractivity contribution in [1.29, 1.82) is 5.26 Å². The number of anilines is 1. The third-order valence-corrected chi connectivity index (χ3v) is 8.43. The lowest BCUT2D eigenvalue weighted by Crippen LogP contribution is -2.39. The van der Waals surface area contributed by atoms with E-state index in [0.717, 1.165) is 11.1 Å². The summed E-state index contributed by atoms with van der Waals surface area (Å²) >= 11 is 0. The molecule has 188 valence electrons. The standard InChI is InChI=1S/C28H25N3O5S/c1-17-8-10-18(11-9-17)16-31-22-7-5-4-6-20(22)26-27(37(31,32)33)25(21(15-29)28(30)36-26)19-12-13-23(34-2)24(14-19)35-3/h4-14,25H,16,30H2,1-3H3/t25-/m0/s1. The molecule has 0 aliphatic carbocycles. The Morgan fingerprint density at radius 2 is 1.73 bits per heavy atom. The number of allylic oxidation sites excluding steroid dienone is 2. The van der Waals surface area contributed by atoms with Gasteiger partial charge in [0, 0.05) is 5.56 Å². The van der Waals surface area contributed by atoms with Crippen LogP contribution in [0.15, 0.2) is 83.1 Å². The Morgan fingerprint density at radius 1 is 1.03 bits per heavy atom. The number of nitrogens with two attached hydrogens (primary N) is 1. The van der Waals surface area contributed by atoms with Crippen molar-refractivity contribution in [3.05, 3.63) is 105 Å². The Balaban J connectivity index is 1.75. The third-order valence-electron chi connectivity index (χ3n) is 6.55. The van der Waals surface area contributed by atoms with Crippen LogP contribution in [0.25, 0.3) is 5.76 Å². The highest BCUT2D eigenvalue weighted by Crippen LogP contribution is 2.52. The van der Waals surface area contributed by atoms with E-state index in [1.165, 1.54) is 18.5 Å². The average Bonchev–Trinajstić information content (AvgIpc) is 2.91. The van der Waals surface area contributed by atoms with Gasteiger partial charge in [-0.25, -0.2) is 8.42 Å². The monoisotopic (exact) mass is 515 g/mol. The summed E-state index contributed by atoms with van der Waals surface area (Å²) in [6.45, 7) is 2.08. The van der Waals surface area contributed by atoms with Gasteiger partial charge in [0.15, 0.2) is 17.3 Å². The molecule has 0 fully saturated rings. The smallest absolute Gasteiger partial charge is 0.265 e. The van der Waals surface area contributed by atoms with Crippen LogP contribution in [0.2, 0.25) is 0 Å². The molecule has 2 aliphatic heterocycles. The van der Waals surface area contributed by atoms with Crippen LogP contribution in [0, 0.1) is 18.3 Å². The number of aryl methyl sites for hydroxylation is 1. The van der Waals surface area contributed by atoms with Gasteiger partial charge in [-0.1, -0.05) is 48.0 Å². The molecule has 0 saturated carbocycles. The highest BCUT2D eigenvalue weighted by molar-refractivity contribution is 7.96. The molecule has 0 saturated heterocycles. The number of hydrogen-bond donors (Lipinski definition) is 1. The number of sulfonamides is 1. The van der Waals surface area contributed by atoms with E-state index in [9.17, 15) is 13.7 Å². The first-order valence-electron chi connectivity index (χ1n) is 11.5. The predicted octanol–water partition coefficient (Wildman–Crippen LogP) is 4.54. The largest absolute Gasteiger partial charge is 0.493 e. The van der Waals surface area contributed by atoms with Crippen molar-refractivity contribution in [1.82, 2.24) is 0 Å². The number of benzene rings is 3. The van der Waals surface area contributed by atoms with Gasteiger partial charge in [0.25, 0.3) is 10.0 Å². The zero-order valence-corrected chi connectivity index (χ0v) is 21.4. The summed E-state index contributed by atoms with van der Waals surface area (Å²) in [7, 11) is -1.17. The van der Waals surface area contributed by atoms with Crippen LogP contribution in [-0.2, 0) is 21.3 Å². The summed E-state index contributed by atoms with van der Waals surface area (Å²) in [5.74, 6) is -0.159.